The first-order valence-electron chi connectivity index (χ1n) is 4.79. The van der Waals surface area contributed by atoms with Gasteiger partial charge in [0, 0.05) is 16.5 Å². The van der Waals surface area contributed by atoms with Gasteiger partial charge in [0.05, 0.1) is 6.42 Å². The lowest BCUT2D eigenvalue weighted by molar-refractivity contribution is -0.136. The fourth-order valence-corrected chi connectivity index (χ4v) is 1.98. The van der Waals surface area contributed by atoms with Crippen molar-refractivity contribution in [1.29, 1.82) is 0 Å². The van der Waals surface area contributed by atoms with E-state index in [0.717, 1.165) is 5.56 Å². The Morgan fingerprint density at radius 3 is 2.53 bits per heavy atom. The van der Waals surface area contributed by atoms with Crippen LogP contribution in [0.1, 0.15) is 16.7 Å². The molecular formula is C11H11BrF2O3. The van der Waals surface area contributed by atoms with E-state index in [-0.39, 0.29) is 17.7 Å². The zero-order valence-corrected chi connectivity index (χ0v) is 10.6. The van der Waals surface area contributed by atoms with E-state index in [1.165, 1.54) is 6.07 Å². The lowest BCUT2D eigenvalue weighted by Crippen LogP contribution is -2.10. The van der Waals surface area contributed by atoms with E-state index < -0.39 is 12.6 Å². The maximum atomic E-state index is 12.3. The van der Waals surface area contributed by atoms with Crippen LogP contribution in [0.3, 0.4) is 0 Å². The van der Waals surface area contributed by atoms with Gasteiger partial charge in [0.15, 0.2) is 0 Å². The molecule has 1 N–H and O–H groups in total. The molecule has 0 amide bonds. The average Bonchev–Trinajstić information content (AvgIpc) is 2.20. The third kappa shape index (κ3) is 3.96. The van der Waals surface area contributed by atoms with E-state index in [4.69, 9.17) is 5.11 Å². The predicted octanol–water partition coefficient (Wildman–Crippen LogP) is 3.12. The number of hydrogen-bond acceptors (Lipinski definition) is 2. The molecule has 0 aliphatic carbocycles. The summed E-state index contributed by atoms with van der Waals surface area (Å²) in [6.07, 6.45) is -0.344. The highest BCUT2D eigenvalue weighted by Gasteiger charge is 2.16. The van der Waals surface area contributed by atoms with Crippen molar-refractivity contribution in [3.8, 4) is 5.75 Å². The second kappa shape index (κ2) is 5.95. The Labute approximate surface area is 106 Å². The molecule has 0 saturated carbocycles. The summed E-state index contributed by atoms with van der Waals surface area (Å²) < 4.78 is 28.9. The van der Waals surface area contributed by atoms with Gasteiger partial charge in [0.2, 0.25) is 0 Å². The molecule has 0 aliphatic rings. The molecule has 0 aliphatic heterocycles. The molecule has 0 radical (unpaired) electrons. The van der Waals surface area contributed by atoms with E-state index in [1.54, 1.807) is 13.0 Å². The molecule has 1 aromatic rings. The average molecular weight is 309 g/mol. The van der Waals surface area contributed by atoms with Gasteiger partial charge < -0.3 is 9.84 Å². The van der Waals surface area contributed by atoms with Crippen LogP contribution in [0.25, 0.3) is 0 Å². The van der Waals surface area contributed by atoms with E-state index in [1.807, 2.05) is 0 Å². The number of carboxylic acid groups (broad SMARTS) is 1. The number of carboxylic acids is 1. The Morgan fingerprint density at radius 2 is 2.06 bits per heavy atom. The van der Waals surface area contributed by atoms with Crippen LogP contribution in [-0.2, 0) is 16.5 Å². The first-order valence-corrected chi connectivity index (χ1v) is 5.91. The molecular weight excluding hydrogens is 298 g/mol. The van der Waals surface area contributed by atoms with Crippen molar-refractivity contribution in [3.63, 3.8) is 0 Å². The van der Waals surface area contributed by atoms with Crippen LogP contribution in [-0.4, -0.2) is 17.7 Å². The quantitative estimate of drug-likeness (QED) is 0.850. The zero-order chi connectivity index (χ0) is 13.0. The van der Waals surface area contributed by atoms with E-state index in [2.05, 4.69) is 20.7 Å². The highest BCUT2D eigenvalue weighted by molar-refractivity contribution is 9.08. The summed E-state index contributed by atoms with van der Waals surface area (Å²) in [6.45, 7) is -1.20. The largest absolute Gasteiger partial charge is 0.481 e. The van der Waals surface area contributed by atoms with Crippen LogP contribution in [0.4, 0.5) is 8.78 Å². The maximum absolute atomic E-state index is 12.3. The van der Waals surface area contributed by atoms with E-state index >= 15 is 0 Å². The number of hydrogen-bond donors (Lipinski definition) is 1. The summed E-state index contributed by atoms with van der Waals surface area (Å²) >= 11 is 3.16. The molecule has 1 aromatic carbocycles. The van der Waals surface area contributed by atoms with Crippen molar-refractivity contribution in [2.75, 3.05) is 0 Å². The summed E-state index contributed by atoms with van der Waals surface area (Å²) in [4.78, 5) is 10.7. The van der Waals surface area contributed by atoms with Gasteiger partial charge in [0.1, 0.15) is 5.75 Å². The number of benzene rings is 1. The van der Waals surface area contributed by atoms with E-state index in [0.29, 0.717) is 10.9 Å². The number of aliphatic carboxylic acids is 1. The van der Waals surface area contributed by atoms with Crippen molar-refractivity contribution < 1.29 is 23.4 Å². The molecule has 0 spiro atoms. The standard InChI is InChI=1S/C11H11BrF2O3/c1-6-2-7(4-9(15)16)10(17-11(13)14)8(3-6)5-12/h2-3,11H,4-5H2,1H3,(H,15,16). The Balaban J connectivity index is 3.22. The smallest absolute Gasteiger partial charge is 0.387 e. The minimum absolute atomic E-state index is 0.0510. The molecule has 0 bridgehead atoms. The fourth-order valence-electron chi connectivity index (χ4n) is 1.56. The molecule has 1 rings (SSSR count). The second-order valence-electron chi connectivity index (χ2n) is 3.49. The van der Waals surface area contributed by atoms with Crippen molar-refractivity contribution in [3.05, 3.63) is 28.8 Å². The first kappa shape index (κ1) is 13.9. The third-order valence-corrected chi connectivity index (χ3v) is 2.68. The molecule has 0 aromatic heterocycles. The van der Waals surface area contributed by atoms with Crippen molar-refractivity contribution in [2.24, 2.45) is 0 Å². The maximum Gasteiger partial charge on any atom is 0.387 e. The lowest BCUT2D eigenvalue weighted by atomic mass is 10.0. The van der Waals surface area contributed by atoms with Gasteiger partial charge in [0.25, 0.3) is 0 Å². The van der Waals surface area contributed by atoms with Gasteiger partial charge in [-0.1, -0.05) is 33.6 Å². The Bertz CT molecular complexity index is 421. The summed E-state index contributed by atoms with van der Waals surface area (Å²) in [6, 6.07) is 3.22. The molecule has 0 heterocycles. The van der Waals surface area contributed by atoms with Crippen LogP contribution < -0.4 is 4.74 Å². The predicted molar refractivity (Wildman–Crippen MR) is 61.8 cm³/mol. The van der Waals surface area contributed by atoms with Crippen molar-refractivity contribution in [2.45, 2.75) is 25.3 Å². The normalized spacial score (nSPS) is 10.6. The van der Waals surface area contributed by atoms with Gasteiger partial charge in [-0.3, -0.25) is 4.79 Å². The topological polar surface area (TPSA) is 46.5 Å². The Kier molecular flexibility index (Phi) is 4.86. The van der Waals surface area contributed by atoms with Crippen molar-refractivity contribution in [1.82, 2.24) is 0 Å². The molecule has 3 nitrogen and oxygen atoms in total. The molecule has 0 unspecified atom stereocenters. The van der Waals surface area contributed by atoms with Gasteiger partial charge in [-0.25, -0.2) is 0 Å². The Morgan fingerprint density at radius 1 is 1.47 bits per heavy atom. The van der Waals surface area contributed by atoms with Crippen molar-refractivity contribution >= 4 is 21.9 Å². The summed E-state index contributed by atoms with van der Waals surface area (Å²) in [5.41, 5.74) is 1.58. The zero-order valence-electron chi connectivity index (χ0n) is 9.04. The first-order chi connectivity index (χ1) is 7.93. The summed E-state index contributed by atoms with van der Waals surface area (Å²) in [5, 5.41) is 9.05. The number of aryl methyl sites for hydroxylation is 1. The number of halogens is 3. The van der Waals surface area contributed by atoms with Gasteiger partial charge >= 0.3 is 12.6 Å². The SMILES string of the molecule is Cc1cc(CBr)c(OC(F)F)c(CC(=O)O)c1. The van der Waals surface area contributed by atoms with E-state index in [9.17, 15) is 13.6 Å². The minimum Gasteiger partial charge on any atom is -0.481 e. The van der Waals surface area contributed by atoms with Gasteiger partial charge in [-0.2, -0.15) is 8.78 Å². The Hall–Kier alpha value is -1.17. The summed E-state index contributed by atoms with van der Waals surface area (Å²) in [7, 11) is 0. The lowest BCUT2D eigenvalue weighted by Gasteiger charge is -2.14. The van der Waals surface area contributed by atoms with Crippen LogP contribution in [0, 0.1) is 6.92 Å². The third-order valence-electron chi connectivity index (χ3n) is 2.08. The monoisotopic (exact) mass is 308 g/mol. The molecule has 0 fully saturated rings. The highest BCUT2D eigenvalue weighted by Crippen LogP contribution is 2.29. The highest BCUT2D eigenvalue weighted by atomic mass is 79.9. The molecule has 94 valence electrons. The fraction of sp³-hybridized carbons (Fsp3) is 0.364. The molecule has 0 saturated heterocycles. The van der Waals surface area contributed by atoms with Crippen LogP contribution in [0.15, 0.2) is 12.1 Å². The van der Waals surface area contributed by atoms with Crippen LogP contribution >= 0.6 is 15.9 Å². The van der Waals surface area contributed by atoms with Crippen LogP contribution in [0.2, 0.25) is 0 Å². The van der Waals surface area contributed by atoms with Gasteiger partial charge in [-0.05, 0) is 6.92 Å². The second-order valence-corrected chi connectivity index (χ2v) is 4.06. The number of carbonyl (C=O) groups is 1. The summed E-state index contributed by atoms with van der Waals surface area (Å²) in [5.74, 6) is -1.14. The number of rotatable bonds is 5. The van der Waals surface area contributed by atoms with Crippen LogP contribution in [0.5, 0.6) is 5.75 Å². The number of ether oxygens (including phenoxy) is 1. The minimum atomic E-state index is -2.97. The number of alkyl halides is 3. The molecule has 0 atom stereocenters. The molecule has 6 heteroatoms. The molecule has 17 heavy (non-hydrogen) atoms. The van der Waals surface area contributed by atoms with Gasteiger partial charge in [-0.15, -0.1) is 0 Å².